The molecule has 2 heterocycles. The Labute approximate surface area is 168 Å². The van der Waals surface area contributed by atoms with Crippen molar-refractivity contribution in [3.8, 4) is 11.5 Å². The van der Waals surface area contributed by atoms with Crippen LogP contribution in [0.3, 0.4) is 0 Å². The largest absolute Gasteiger partial charge is 0.467 e. The number of anilines is 2. The van der Waals surface area contributed by atoms with Crippen molar-refractivity contribution < 1.29 is 13.9 Å². The first-order valence-corrected chi connectivity index (χ1v) is 9.13. The Hall–Kier alpha value is -4.06. The van der Waals surface area contributed by atoms with Crippen LogP contribution in [0.2, 0.25) is 0 Å². The number of aromatic nitrogens is 1. The minimum atomic E-state index is -0.206. The molecule has 4 rings (SSSR count). The fourth-order valence-electron chi connectivity index (χ4n) is 2.66. The maximum absolute atomic E-state index is 12.2. The number of hydrogen-bond acceptors (Lipinski definition) is 5. The monoisotopic (exact) mass is 385 g/mol. The van der Waals surface area contributed by atoms with Crippen molar-refractivity contribution in [1.29, 1.82) is 0 Å². The van der Waals surface area contributed by atoms with Crippen LogP contribution >= 0.6 is 0 Å². The zero-order chi connectivity index (χ0) is 19.9. The van der Waals surface area contributed by atoms with E-state index >= 15 is 0 Å². The molecule has 0 aliphatic carbocycles. The lowest BCUT2D eigenvalue weighted by Gasteiger charge is -2.09. The smallest absolute Gasteiger partial charge is 0.253 e. The fraction of sp³-hybridized carbons (Fsp3) is 0.0435. The van der Waals surface area contributed by atoms with Crippen LogP contribution in [0, 0.1) is 0 Å². The predicted molar refractivity (Wildman–Crippen MR) is 110 cm³/mol. The molecule has 0 spiro atoms. The third kappa shape index (κ3) is 5.01. The molecule has 2 N–H and O–H groups in total. The summed E-state index contributed by atoms with van der Waals surface area (Å²) in [5.41, 5.74) is 1.35. The number of amides is 1. The van der Waals surface area contributed by atoms with Gasteiger partial charge in [-0.1, -0.05) is 18.2 Å². The van der Waals surface area contributed by atoms with Crippen molar-refractivity contribution in [2.45, 2.75) is 6.54 Å². The molecule has 6 nitrogen and oxygen atoms in total. The second kappa shape index (κ2) is 8.75. The fourth-order valence-corrected chi connectivity index (χ4v) is 2.66. The highest BCUT2D eigenvalue weighted by Crippen LogP contribution is 2.23. The van der Waals surface area contributed by atoms with E-state index in [-0.39, 0.29) is 5.91 Å². The van der Waals surface area contributed by atoms with Gasteiger partial charge in [0.2, 0.25) is 0 Å². The molecule has 0 bridgehead atoms. The van der Waals surface area contributed by atoms with Crippen molar-refractivity contribution in [3.63, 3.8) is 0 Å². The first-order chi connectivity index (χ1) is 14.3. The van der Waals surface area contributed by atoms with Crippen molar-refractivity contribution in [2.75, 3.05) is 5.32 Å². The highest BCUT2D eigenvalue weighted by atomic mass is 16.5. The van der Waals surface area contributed by atoms with Gasteiger partial charge in [0.1, 0.15) is 23.1 Å². The van der Waals surface area contributed by atoms with Gasteiger partial charge in [-0.15, -0.1) is 0 Å². The first-order valence-electron chi connectivity index (χ1n) is 9.13. The summed E-state index contributed by atoms with van der Waals surface area (Å²) in [5.74, 6) is 2.67. The Morgan fingerprint density at radius 2 is 1.69 bits per heavy atom. The summed E-state index contributed by atoms with van der Waals surface area (Å²) < 4.78 is 11.0. The van der Waals surface area contributed by atoms with E-state index in [9.17, 15) is 4.79 Å². The summed E-state index contributed by atoms with van der Waals surface area (Å²) in [6, 6.07) is 24.3. The summed E-state index contributed by atoms with van der Waals surface area (Å²) in [4.78, 5) is 16.5. The number of carbonyl (C=O) groups excluding carboxylic acids is 1. The van der Waals surface area contributed by atoms with Gasteiger partial charge < -0.3 is 19.8 Å². The lowest BCUT2D eigenvalue weighted by molar-refractivity contribution is 0.0947. The number of hydrogen-bond donors (Lipinski definition) is 2. The SMILES string of the molecule is O=C(NCc1ccco1)c1ccc(Nc2ccc(Oc3ccccc3)cc2)nc1. The van der Waals surface area contributed by atoms with Gasteiger partial charge in [-0.25, -0.2) is 4.98 Å². The van der Waals surface area contributed by atoms with E-state index < -0.39 is 0 Å². The van der Waals surface area contributed by atoms with Gasteiger partial charge in [0.25, 0.3) is 5.91 Å². The van der Waals surface area contributed by atoms with Crippen LogP contribution in [0.15, 0.2) is 95.7 Å². The van der Waals surface area contributed by atoms with E-state index in [1.165, 1.54) is 6.20 Å². The third-order valence-electron chi connectivity index (χ3n) is 4.13. The van der Waals surface area contributed by atoms with E-state index in [1.54, 1.807) is 24.5 Å². The minimum Gasteiger partial charge on any atom is -0.467 e. The van der Waals surface area contributed by atoms with Crippen molar-refractivity contribution >= 4 is 17.4 Å². The maximum Gasteiger partial charge on any atom is 0.253 e. The number of benzene rings is 2. The van der Waals surface area contributed by atoms with E-state index in [2.05, 4.69) is 15.6 Å². The van der Waals surface area contributed by atoms with E-state index in [0.29, 0.717) is 23.7 Å². The molecule has 0 atom stereocenters. The normalized spacial score (nSPS) is 10.3. The van der Waals surface area contributed by atoms with E-state index in [4.69, 9.17) is 9.15 Å². The van der Waals surface area contributed by atoms with Gasteiger partial charge in [0.15, 0.2) is 0 Å². The Morgan fingerprint density at radius 1 is 0.897 bits per heavy atom. The summed E-state index contributed by atoms with van der Waals surface area (Å²) >= 11 is 0. The second-order valence-electron chi connectivity index (χ2n) is 6.26. The molecule has 0 saturated heterocycles. The standard InChI is InChI=1S/C23H19N3O3/c27-23(25-16-21-7-4-14-28-21)17-8-13-22(24-15-17)26-18-9-11-20(12-10-18)29-19-5-2-1-3-6-19/h1-15H,16H2,(H,24,26)(H,25,27). The lowest BCUT2D eigenvalue weighted by Crippen LogP contribution is -2.22. The number of pyridine rings is 1. The van der Waals surface area contributed by atoms with Gasteiger partial charge in [-0.05, 0) is 60.7 Å². The van der Waals surface area contributed by atoms with Crippen molar-refractivity contribution in [3.05, 3.63) is 103 Å². The molecule has 6 heteroatoms. The average molecular weight is 385 g/mol. The summed E-state index contributed by atoms with van der Waals surface area (Å²) in [5, 5.41) is 5.99. The van der Waals surface area contributed by atoms with Gasteiger partial charge in [0, 0.05) is 11.9 Å². The zero-order valence-corrected chi connectivity index (χ0v) is 15.5. The molecule has 1 amide bonds. The highest BCUT2D eigenvalue weighted by Gasteiger charge is 2.07. The van der Waals surface area contributed by atoms with E-state index in [0.717, 1.165) is 17.2 Å². The van der Waals surface area contributed by atoms with Crippen LogP contribution in [0.1, 0.15) is 16.1 Å². The Bertz CT molecular complexity index is 1050. The van der Waals surface area contributed by atoms with Crippen LogP contribution in [-0.4, -0.2) is 10.9 Å². The van der Waals surface area contributed by atoms with Crippen LogP contribution in [0.4, 0.5) is 11.5 Å². The first kappa shape index (κ1) is 18.3. The number of carbonyl (C=O) groups is 1. The topological polar surface area (TPSA) is 76.4 Å². The summed E-state index contributed by atoms with van der Waals surface area (Å²) in [7, 11) is 0. The summed E-state index contributed by atoms with van der Waals surface area (Å²) in [6.07, 6.45) is 3.11. The molecule has 0 fully saturated rings. The molecule has 0 aliphatic heterocycles. The zero-order valence-electron chi connectivity index (χ0n) is 15.5. The summed E-state index contributed by atoms with van der Waals surface area (Å²) in [6.45, 7) is 0.337. The molecule has 0 aliphatic rings. The number of rotatable bonds is 7. The molecular formula is C23H19N3O3. The molecule has 144 valence electrons. The number of furan rings is 1. The Morgan fingerprint density at radius 3 is 2.38 bits per heavy atom. The molecule has 0 unspecified atom stereocenters. The number of nitrogens with one attached hydrogen (secondary N) is 2. The Balaban J connectivity index is 1.33. The molecule has 4 aromatic rings. The predicted octanol–water partition coefficient (Wildman–Crippen LogP) is 5.14. The van der Waals surface area contributed by atoms with Crippen LogP contribution in [0.25, 0.3) is 0 Å². The van der Waals surface area contributed by atoms with E-state index in [1.807, 2.05) is 60.7 Å². The molecule has 2 aromatic carbocycles. The van der Waals surface area contributed by atoms with Crippen molar-refractivity contribution in [2.24, 2.45) is 0 Å². The van der Waals surface area contributed by atoms with Crippen LogP contribution < -0.4 is 15.4 Å². The highest BCUT2D eigenvalue weighted by molar-refractivity contribution is 5.94. The molecule has 2 aromatic heterocycles. The van der Waals surface area contributed by atoms with Gasteiger partial charge >= 0.3 is 0 Å². The molecule has 0 radical (unpaired) electrons. The van der Waals surface area contributed by atoms with Gasteiger partial charge in [0.05, 0.1) is 18.4 Å². The van der Waals surface area contributed by atoms with Crippen LogP contribution in [-0.2, 0) is 6.54 Å². The number of ether oxygens (including phenoxy) is 1. The lowest BCUT2D eigenvalue weighted by atomic mass is 10.2. The third-order valence-corrected chi connectivity index (χ3v) is 4.13. The maximum atomic E-state index is 12.2. The second-order valence-corrected chi connectivity index (χ2v) is 6.26. The van der Waals surface area contributed by atoms with Crippen LogP contribution in [0.5, 0.6) is 11.5 Å². The molecule has 29 heavy (non-hydrogen) atoms. The average Bonchev–Trinajstić information content (AvgIpc) is 3.28. The number of para-hydroxylation sites is 1. The number of nitrogens with zero attached hydrogens (tertiary/aromatic N) is 1. The van der Waals surface area contributed by atoms with Gasteiger partial charge in [-0.2, -0.15) is 0 Å². The van der Waals surface area contributed by atoms with Crippen molar-refractivity contribution in [1.82, 2.24) is 10.3 Å². The molecular weight excluding hydrogens is 366 g/mol. The quantitative estimate of drug-likeness (QED) is 0.461. The molecule has 0 saturated carbocycles. The Kier molecular flexibility index (Phi) is 5.53. The van der Waals surface area contributed by atoms with Gasteiger partial charge in [-0.3, -0.25) is 4.79 Å². The minimum absolute atomic E-state index is 0.206.